The molecule has 3 N–H and O–H groups in total. The van der Waals surface area contributed by atoms with E-state index >= 15 is 0 Å². The Kier molecular flexibility index (Phi) is 11.4. The average molecular weight is 693 g/mol. The standard InChI is InChI=1S/C30H29BrF3N5O4S/c31-22-8-6-19(7-9-22)16-23(27(41)37-24(28(42)43)18-44-17-20-4-2-1-3-5-20)36-26(40)21-11-14-39(15-12-21)29-35-13-10-25(38-29)30(32,33)34/h1-10,13,16,21,24H,11-12,14-15,17-18H2,(H,36,40)(H,37,41)(H,42,43). The number of carbonyl (C=O) groups is 3. The first-order valence-corrected chi connectivity index (χ1v) is 15.5. The molecule has 0 spiro atoms. The van der Waals surface area contributed by atoms with E-state index in [1.54, 1.807) is 29.2 Å². The van der Waals surface area contributed by atoms with Crippen LogP contribution in [0.5, 0.6) is 0 Å². The fourth-order valence-corrected chi connectivity index (χ4v) is 5.67. The summed E-state index contributed by atoms with van der Waals surface area (Å²) in [7, 11) is 0. The molecule has 4 rings (SSSR count). The number of piperidine rings is 1. The van der Waals surface area contributed by atoms with Gasteiger partial charge in [-0.3, -0.25) is 9.59 Å². The molecular weight excluding hydrogens is 663 g/mol. The lowest BCUT2D eigenvalue weighted by Crippen LogP contribution is -2.47. The molecule has 44 heavy (non-hydrogen) atoms. The van der Waals surface area contributed by atoms with E-state index in [0.717, 1.165) is 22.3 Å². The fraction of sp³-hybridized carbons (Fsp3) is 0.300. The molecule has 1 unspecified atom stereocenters. The molecule has 3 aromatic rings. The minimum Gasteiger partial charge on any atom is -0.480 e. The maximum atomic E-state index is 13.3. The van der Waals surface area contributed by atoms with Crippen molar-refractivity contribution in [3.05, 3.63) is 93.9 Å². The van der Waals surface area contributed by atoms with E-state index in [1.165, 1.54) is 17.8 Å². The molecule has 14 heteroatoms. The van der Waals surface area contributed by atoms with Crippen LogP contribution in [0.4, 0.5) is 19.1 Å². The summed E-state index contributed by atoms with van der Waals surface area (Å²) in [6, 6.07) is 16.1. The predicted octanol–water partition coefficient (Wildman–Crippen LogP) is 5.13. The Morgan fingerprint density at radius 1 is 1.07 bits per heavy atom. The zero-order valence-electron chi connectivity index (χ0n) is 23.3. The van der Waals surface area contributed by atoms with Gasteiger partial charge in [0, 0.05) is 41.2 Å². The van der Waals surface area contributed by atoms with Crippen LogP contribution in [0.2, 0.25) is 0 Å². The first-order chi connectivity index (χ1) is 21.0. The number of carbonyl (C=O) groups excluding carboxylic acids is 2. The van der Waals surface area contributed by atoms with Crippen molar-refractivity contribution >= 4 is 57.5 Å². The number of halogens is 4. The molecule has 0 radical (unpaired) electrons. The number of carboxylic acid groups (broad SMARTS) is 1. The van der Waals surface area contributed by atoms with Gasteiger partial charge >= 0.3 is 12.1 Å². The number of hydrogen-bond acceptors (Lipinski definition) is 7. The SMILES string of the molecule is O=C(NC(CSCc1ccccc1)C(=O)O)C(=Cc1ccc(Br)cc1)NC(=O)C1CCN(c2nccc(C(F)(F)F)n2)CC1. The van der Waals surface area contributed by atoms with Crippen LogP contribution < -0.4 is 15.5 Å². The minimum absolute atomic E-state index is 0.0706. The zero-order chi connectivity index (χ0) is 31.7. The molecule has 1 aromatic heterocycles. The van der Waals surface area contributed by atoms with Gasteiger partial charge in [-0.25, -0.2) is 14.8 Å². The maximum absolute atomic E-state index is 13.3. The van der Waals surface area contributed by atoms with Gasteiger partial charge in [0.15, 0.2) is 0 Å². The Morgan fingerprint density at radius 2 is 1.75 bits per heavy atom. The van der Waals surface area contributed by atoms with Gasteiger partial charge in [0.25, 0.3) is 5.91 Å². The summed E-state index contributed by atoms with van der Waals surface area (Å²) in [6.45, 7) is 0.466. The molecule has 1 aliphatic heterocycles. The lowest BCUT2D eigenvalue weighted by molar-refractivity contribution is -0.141. The molecular formula is C30H29BrF3N5O4S. The van der Waals surface area contributed by atoms with Crippen LogP contribution in [0.15, 0.2) is 77.0 Å². The lowest BCUT2D eigenvalue weighted by atomic mass is 9.96. The van der Waals surface area contributed by atoms with Crippen molar-refractivity contribution in [3.8, 4) is 0 Å². The Labute approximate surface area is 264 Å². The summed E-state index contributed by atoms with van der Waals surface area (Å²) in [6.07, 6.45) is -1.53. The van der Waals surface area contributed by atoms with E-state index in [4.69, 9.17) is 0 Å². The van der Waals surface area contributed by atoms with Crippen LogP contribution >= 0.6 is 27.7 Å². The first-order valence-electron chi connectivity index (χ1n) is 13.6. The van der Waals surface area contributed by atoms with Gasteiger partial charge in [-0.05, 0) is 48.2 Å². The van der Waals surface area contributed by atoms with E-state index in [-0.39, 0.29) is 43.3 Å². The second-order valence-corrected chi connectivity index (χ2v) is 11.9. The fourth-order valence-electron chi connectivity index (χ4n) is 4.40. The molecule has 2 aromatic carbocycles. The van der Waals surface area contributed by atoms with E-state index in [0.29, 0.717) is 11.3 Å². The molecule has 0 aliphatic carbocycles. The number of aromatic nitrogens is 2. The monoisotopic (exact) mass is 691 g/mol. The summed E-state index contributed by atoms with van der Waals surface area (Å²) in [5, 5.41) is 15.0. The predicted molar refractivity (Wildman–Crippen MR) is 164 cm³/mol. The van der Waals surface area contributed by atoms with E-state index in [1.807, 2.05) is 30.3 Å². The molecule has 2 heterocycles. The largest absolute Gasteiger partial charge is 0.480 e. The van der Waals surface area contributed by atoms with Crippen LogP contribution in [-0.2, 0) is 26.3 Å². The van der Waals surface area contributed by atoms with Crippen LogP contribution in [0.1, 0.15) is 29.7 Å². The second kappa shape index (κ2) is 15.2. The summed E-state index contributed by atoms with van der Waals surface area (Å²) in [5.41, 5.74) is 0.441. The number of alkyl halides is 3. The number of thioether (sulfide) groups is 1. The Morgan fingerprint density at radius 3 is 2.39 bits per heavy atom. The highest BCUT2D eigenvalue weighted by atomic mass is 79.9. The lowest BCUT2D eigenvalue weighted by Gasteiger charge is -2.31. The highest BCUT2D eigenvalue weighted by Crippen LogP contribution is 2.29. The number of nitrogens with zero attached hydrogens (tertiary/aromatic N) is 3. The Hall–Kier alpha value is -3.91. The van der Waals surface area contributed by atoms with Gasteiger partial charge in [-0.15, -0.1) is 0 Å². The highest BCUT2D eigenvalue weighted by Gasteiger charge is 2.34. The number of aliphatic carboxylic acids is 1. The summed E-state index contributed by atoms with van der Waals surface area (Å²) in [4.78, 5) is 47.7. The van der Waals surface area contributed by atoms with Gasteiger partial charge < -0.3 is 20.6 Å². The molecule has 0 saturated carbocycles. The number of amides is 2. The molecule has 1 saturated heterocycles. The molecule has 1 fully saturated rings. The maximum Gasteiger partial charge on any atom is 0.433 e. The van der Waals surface area contributed by atoms with E-state index < -0.39 is 41.6 Å². The van der Waals surface area contributed by atoms with Crippen LogP contribution in [0, 0.1) is 5.92 Å². The highest BCUT2D eigenvalue weighted by molar-refractivity contribution is 9.10. The molecule has 2 amide bonds. The van der Waals surface area contributed by atoms with Crippen molar-refractivity contribution in [2.45, 2.75) is 30.8 Å². The minimum atomic E-state index is -4.60. The number of rotatable bonds is 11. The third-order valence-electron chi connectivity index (χ3n) is 6.76. The van der Waals surface area contributed by atoms with E-state index in [9.17, 15) is 32.7 Å². The number of nitrogens with one attached hydrogen (secondary N) is 2. The van der Waals surface area contributed by atoms with Gasteiger partial charge in [-0.2, -0.15) is 24.9 Å². The van der Waals surface area contributed by atoms with Crippen LogP contribution in [-0.4, -0.2) is 57.7 Å². The van der Waals surface area contributed by atoms with Gasteiger partial charge in [0.1, 0.15) is 17.4 Å². The quantitative estimate of drug-likeness (QED) is 0.237. The average Bonchev–Trinajstić information content (AvgIpc) is 3.01. The molecule has 1 aliphatic rings. The Balaban J connectivity index is 1.42. The topological polar surface area (TPSA) is 125 Å². The smallest absolute Gasteiger partial charge is 0.433 e. The zero-order valence-corrected chi connectivity index (χ0v) is 25.7. The van der Waals surface area contributed by atoms with Crippen LogP contribution in [0.3, 0.4) is 0 Å². The third kappa shape index (κ3) is 9.55. The summed E-state index contributed by atoms with van der Waals surface area (Å²) >= 11 is 4.71. The van der Waals surface area contributed by atoms with Crippen molar-refractivity contribution in [1.29, 1.82) is 0 Å². The number of carboxylic acids is 1. The second-order valence-electron chi connectivity index (χ2n) is 9.96. The normalized spacial score (nSPS) is 15.0. The summed E-state index contributed by atoms with van der Waals surface area (Å²) in [5.74, 6) is -2.39. The van der Waals surface area contributed by atoms with Crippen LogP contribution in [0.25, 0.3) is 6.08 Å². The van der Waals surface area contributed by atoms with Gasteiger partial charge in [0.05, 0.1) is 0 Å². The van der Waals surface area contributed by atoms with E-state index in [2.05, 4.69) is 36.5 Å². The molecule has 232 valence electrons. The number of anilines is 1. The number of hydrogen-bond donors (Lipinski definition) is 3. The molecule has 1 atom stereocenters. The number of benzene rings is 2. The molecule has 0 bridgehead atoms. The summed E-state index contributed by atoms with van der Waals surface area (Å²) < 4.78 is 40.1. The van der Waals surface area contributed by atoms with Gasteiger partial charge in [0.2, 0.25) is 11.9 Å². The van der Waals surface area contributed by atoms with Crippen molar-refractivity contribution in [1.82, 2.24) is 20.6 Å². The molecule has 9 nitrogen and oxygen atoms in total. The van der Waals surface area contributed by atoms with Crippen molar-refractivity contribution in [2.75, 3.05) is 23.7 Å². The van der Waals surface area contributed by atoms with Crippen molar-refractivity contribution in [2.24, 2.45) is 5.92 Å². The Bertz CT molecular complexity index is 1480. The van der Waals surface area contributed by atoms with Crippen molar-refractivity contribution < 1.29 is 32.7 Å². The van der Waals surface area contributed by atoms with Crippen molar-refractivity contribution in [3.63, 3.8) is 0 Å². The third-order valence-corrected chi connectivity index (χ3v) is 8.40. The first kappa shape index (κ1) is 33.0. The van der Waals surface area contributed by atoms with Gasteiger partial charge in [-0.1, -0.05) is 58.4 Å².